The number of nitrogen functional groups attached to an aromatic ring is 1. The van der Waals surface area contributed by atoms with E-state index in [4.69, 9.17) is 15.6 Å². The van der Waals surface area contributed by atoms with Crippen LogP contribution in [-0.4, -0.2) is 33.9 Å². The van der Waals surface area contributed by atoms with Gasteiger partial charge in [0, 0.05) is 11.6 Å². The first-order valence-corrected chi connectivity index (χ1v) is 6.70. The van der Waals surface area contributed by atoms with Crippen LogP contribution in [-0.2, 0) is 4.79 Å². The number of rotatable bonds is 5. The molecule has 0 aliphatic carbocycles. The summed E-state index contributed by atoms with van der Waals surface area (Å²) in [4.78, 5) is 19.0. The van der Waals surface area contributed by atoms with Crippen LogP contribution < -0.4 is 10.5 Å². The zero-order valence-corrected chi connectivity index (χ0v) is 11.6. The van der Waals surface area contributed by atoms with Crippen molar-refractivity contribution in [2.45, 2.75) is 5.03 Å². The highest BCUT2D eigenvalue weighted by Crippen LogP contribution is 2.24. The van der Waals surface area contributed by atoms with Gasteiger partial charge in [-0.1, -0.05) is 11.8 Å². The molecule has 0 bridgehead atoms. The standard InChI is InChI=1S/C13H13N3O3S/c1-19-9-4-2-8(3-5-9)13-15-10(14)6-11(16-13)20-7-12(17)18/h2-6H,7H2,1H3,(H,17,18)(H2,14,15,16). The number of nitrogens with two attached hydrogens (primary N) is 1. The van der Waals surface area contributed by atoms with Gasteiger partial charge in [-0.3, -0.25) is 4.79 Å². The monoisotopic (exact) mass is 291 g/mol. The molecule has 1 aromatic carbocycles. The molecule has 1 aromatic heterocycles. The van der Waals surface area contributed by atoms with Crippen molar-refractivity contribution in [1.29, 1.82) is 0 Å². The number of benzene rings is 1. The van der Waals surface area contributed by atoms with E-state index in [9.17, 15) is 4.79 Å². The molecule has 0 amide bonds. The number of hydrogen-bond acceptors (Lipinski definition) is 6. The predicted octanol–water partition coefficient (Wildman–Crippen LogP) is 1.91. The third kappa shape index (κ3) is 3.61. The second kappa shape index (κ2) is 6.25. The van der Waals surface area contributed by atoms with Crippen LogP contribution in [0.25, 0.3) is 11.4 Å². The maximum atomic E-state index is 10.6. The van der Waals surface area contributed by atoms with E-state index < -0.39 is 5.97 Å². The minimum absolute atomic E-state index is 0.0709. The molecule has 2 rings (SSSR count). The van der Waals surface area contributed by atoms with E-state index >= 15 is 0 Å². The summed E-state index contributed by atoms with van der Waals surface area (Å²) in [6, 6.07) is 8.79. The summed E-state index contributed by atoms with van der Waals surface area (Å²) < 4.78 is 5.08. The maximum Gasteiger partial charge on any atom is 0.313 e. The van der Waals surface area contributed by atoms with Gasteiger partial charge in [0.25, 0.3) is 0 Å². The van der Waals surface area contributed by atoms with Crippen LogP contribution in [0.15, 0.2) is 35.4 Å². The molecule has 104 valence electrons. The van der Waals surface area contributed by atoms with Crippen molar-refractivity contribution >= 4 is 23.5 Å². The number of aromatic nitrogens is 2. The van der Waals surface area contributed by atoms with E-state index in [1.165, 1.54) is 0 Å². The van der Waals surface area contributed by atoms with Crippen LogP contribution in [0, 0.1) is 0 Å². The van der Waals surface area contributed by atoms with Gasteiger partial charge in [0.1, 0.15) is 16.6 Å². The molecular weight excluding hydrogens is 278 g/mol. The molecule has 0 unspecified atom stereocenters. The van der Waals surface area contributed by atoms with Crippen LogP contribution in [0.2, 0.25) is 0 Å². The summed E-state index contributed by atoms with van der Waals surface area (Å²) in [7, 11) is 1.59. The third-order valence-electron chi connectivity index (χ3n) is 2.41. The second-order valence-electron chi connectivity index (χ2n) is 3.87. The number of hydrogen-bond donors (Lipinski definition) is 2. The largest absolute Gasteiger partial charge is 0.497 e. The first-order chi connectivity index (χ1) is 9.58. The van der Waals surface area contributed by atoms with Gasteiger partial charge in [0.05, 0.1) is 12.9 Å². The average molecular weight is 291 g/mol. The van der Waals surface area contributed by atoms with Gasteiger partial charge < -0.3 is 15.6 Å². The molecule has 0 radical (unpaired) electrons. The highest BCUT2D eigenvalue weighted by molar-refractivity contribution is 7.99. The number of carbonyl (C=O) groups is 1. The molecule has 0 spiro atoms. The zero-order valence-electron chi connectivity index (χ0n) is 10.7. The first kappa shape index (κ1) is 14.1. The number of ether oxygens (including phenoxy) is 1. The number of aliphatic carboxylic acids is 1. The second-order valence-corrected chi connectivity index (χ2v) is 4.86. The Labute approximate surface area is 120 Å². The summed E-state index contributed by atoms with van der Waals surface area (Å²) in [6.45, 7) is 0. The Morgan fingerprint density at radius 1 is 1.35 bits per heavy atom. The lowest BCUT2D eigenvalue weighted by molar-refractivity contribution is -0.133. The number of carboxylic acids is 1. The molecule has 0 fully saturated rings. The minimum atomic E-state index is -0.904. The molecule has 0 saturated carbocycles. The summed E-state index contributed by atoms with van der Waals surface area (Å²) in [5, 5.41) is 9.21. The number of carboxylic acid groups (broad SMARTS) is 1. The van der Waals surface area contributed by atoms with Crippen LogP contribution >= 0.6 is 11.8 Å². The van der Waals surface area contributed by atoms with E-state index in [0.717, 1.165) is 23.1 Å². The van der Waals surface area contributed by atoms with Crippen molar-refractivity contribution < 1.29 is 14.6 Å². The predicted molar refractivity (Wildman–Crippen MR) is 76.8 cm³/mol. The lowest BCUT2D eigenvalue weighted by Gasteiger charge is -2.06. The topological polar surface area (TPSA) is 98.3 Å². The Balaban J connectivity index is 2.28. The molecule has 6 nitrogen and oxygen atoms in total. The fourth-order valence-electron chi connectivity index (χ4n) is 1.52. The number of anilines is 1. The third-order valence-corrected chi connectivity index (χ3v) is 3.31. The summed E-state index contributed by atoms with van der Waals surface area (Å²) in [6.07, 6.45) is 0. The summed E-state index contributed by atoms with van der Waals surface area (Å²) >= 11 is 1.10. The van der Waals surface area contributed by atoms with Gasteiger partial charge in [-0.05, 0) is 24.3 Å². The highest BCUT2D eigenvalue weighted by Gasteiger charge is 2.08. The molecule has 0 saturated heterocycles. The Morgan fingerprint density at radius 2 is 2.05 bits per heavy atom. The number of methoxy groups -OCH3 is 1. The Hall–Kier alpha value is -2.28. The lowest BCUT2D eigenvalue weighted by atomic mass is 10.2. The molecule has 2 aromatic rings. The van der Waals surface area contributed by atoms with Crippen LogP contribution in [0.3, 0.4) is 0 Å². The van der Waals surface area contributed by atoms with Crippen molar-refractivity contribution in [3.8, 4) is 17.1 Å². The van der Waals surface area contributed by atoms with Gasteiger partial charge in [-0.15, -0.1) is 0 Å². The van der Waals surface area contributed by atoms with E-state index in [0.29, 0.717) is 16.7 Å². The van der Waals surface area contributed by atoms with Crippen molar-refractivity contribution in [3.05, 3.63) is 30.3 Å². The van der Waals surface area contributed by atoms with Crippen molar-refractivity contribution in [2.24, 2.45) is 0 Å². The Morgan fingerprint density at radius 3 is 2.65 bits per heavy atom. The maximum absolute atomic E-state index is 10.6. The lowest BCUT2D eigenvalue weighted by Crippen LogP contribution is -2.01. The normalized spacial score (nSPS) is 10.2. The Bertz CT molecular complexity index is 617. The molecular formula is C13H13N3O3S. The molecule has 3 N–H and O–H groups in total. The molecule has 20 heavy (non-hydrogen) atoms. The summed E-state index contributed by atoms with van der Waals surface area (Å²) in [5.74, 6) is 0.522. The van der Waals surface area contributed by atoms with Gasteiger partial charge >= 0.3 is 5.97 Å². The molecule has 0 aliphatic heterocycles. The molecule has 1 heterocycles. The highest BCUT2D eigenvalue weighted by atomic mass is 32.2. The van der Waals surface area contributed by atoms with E-state index in [2.05, 4.69) is 9.97 Å². The van der Waals surface area contributed by atoms with Crippen LogP contribution in [0.5, 0.6) is 5.75 Å². The van der Waals surface area contributed by atoms with Crippen LogP contribution in [0.1, 0.15) is 0 Å². The Kier molecular flexibility index (Phi) is 4.41. The summed E-state index contributed by atoms with van der Waals surface area (Å²) in [5.41, 5.74) is 6.51. The van der Waals surface area contributed by atoms with Gasteiger partial charge in [0.15, 0.2) is 5.82 Å². The van der Waals surface area contributed by atoms with E-state index in [1.807, 2.05) is 12.1 Å². The van der Waals surface area contributed by atoms with Gasteiger partial charge in [0.2, 0.25) is 0 Å². The van der Waals surface area contributed by atoms with E-state index in [1.54, 1.807) is 25.3 Å². The fourth-order valence-corrected chi connectivity index (χ4v) is 2.15. The number of thioether (sulfide) groups is 1. The van der Waals surface area contributed by atoms with Crippen LogP contribution in [0.4, 0.5) is 5.82 Å². The van der Waals surface area contributed by atoms with Crippen molar-refractivity contribution in [3.63, 3.8) is 0 Å². The molecule has 0 aliphatic rings. The quantitative estimate of drug-likeness (QED) is 0.641. The van der Waals surface area contributed by atoms with E-state index in [-0.39, 0.29) is 5.75 Å². The van der Waals surface area contributed by atoms with Crippen molar-refractivity contribution in [1.82, 2.24) is 9.97 Å². The van der Waals surface area contributed by atoms with Crippen molar-refractivity contribution in [2.75, 3.05) is 18.6 Å². The zero-order chi connectivity index (χ0) is 14.5. The average Bonchev–Trinajstić information content (AvgIpc) is 2.44. The fraction of sp³-hybridized carbons (Fsp3) is 0.154. The van der Waals surface area contributed by atoms with Gasteiger partial charge in [-0.25, -0.2) is 9.97 Å². The smallest absolute Gasteiger partial charge is 0.313 e. The molecule has 0 atom stereocenters. The SMILES string of the molecule is COc1ccc(-c2nc(N)cc(SCC(=O)O)n2)cc1. The number of nitrogens with zero attached hydrogens (tertiary/aromatic N) is 2. The first-order valence-electron chi connectivity index (χ1n) is 5.72. The van der Waals surface area contributed by atoms with Gasteiger partial charge in [-0.2, -0.15) is 0 Å². The minimum Gasteiger partial charge on any atom is -0.497 e. The molecule has 7 heteroatoms.